The highest BCUT2D eigenvalue weighted by atomic mass is 32.1. The highest BCUT2D eigenvalue weighted by Gasteiger charge is 2.19. The average Bonchev–Trinajstić information content (AvgIpc) is 3.85. The van der Waals surface area contributed by atoms with Gasteiger partial charge in [0, 0.05) is 42.8 Å². The lowest BCUT2D eigenvalue weighted by atomic mass is 9.94. The third-order valence-electron chi connectivity index (χ3n) is 9.91. The predicted molar refractivity (Wildman–Crippen MR) is 229 cm³/mol. The first-order valence-corrected chi connectivity index (χ1v) is 19.4. The molecule has 0 amide bonds. The fourth-order valence-electron chi connectivity index (χ4n) is 7.46. The quantitative estimate of drug-likeness (QED) is 0.164. The molecule has 10 rings (SSSR count). The van der Waals surface area contributed by atoms with E-state index in [1.165, 1.54) is 58.3 Å². The molecule has 0 radical (unpaired) electrons. The standard InChI is InChI=1S/C49H32N2S2/c1-4-14-33(15-5-1)40-22-10-11-23-41(40)34-26-28-38(29-27-34)51(37-19-8-3-9-20-37)39-21-12-18-36(32-39)42-24-13-25-44-46(42)47-45(52-44)31-30-43-48(47)53-49(50-43)35-16-6-2-7-17-35/h1-32H. The number of benzene rings is 8. The van der Waals surface area contributed by atoms with Crippen LogP contribution >= 0.6 is 22.7 Å². The first kappa shape index (κ1) is 31.4. The smallest absolute Gasteiger partial charge is 0.124 e. The van der Waals surface area contributed by atoms with E-state index >= 15 is 0 Å². The Bertz CT molecular complexity index is 2870. The van der Waals surface area contributed by atoms with E-state index in [4.69, 9.17) is 4.98 Å². The van der Waals surface area contributed by atoms with Gasteiger partial charge in [-0.15, -0.1) is 22.7 Å². The van der Waals surface area contributed by atoms with Crippen molar-refractivity contribution in [1.82, 2.24) is 4.98 Å². The van der Waals surface area contributed by atoms with Crippen molar-refractivity contribution in [1.29, 1.82) is 0 Å². The third-order valence-corrected chi connectivity index (χ3v) is 12.2. The second-order valence-corrected chi connectivity index (χ2v) is 15.2. The maximum absolute atomic E-state index is 5.09. The summed E-state index contributed by atoms with van der Waals surface area (Å²) in [6.45, 7) is 0. The first-order chi connectivity index (χ1) is 26.3. The lowest BCUT2D eigenvalue weighted by molar-refractivity contribution is 1.28. The molecule has 0 aliphatic rings. The van der Waals surface area contributed by atoms with Gasteiger partial charge < -0.3 is 4.90 Å². The second kappa shape index (κ2) is 13.3. The van der Waals surface area contributed by atoms with Gasteiger partial charge in [-0.2, -0.15) is 0 Å². The Morgan fingerprint density at radius 3 is 1.64 bits per heavy atom. The van der Waals surface area contributed by atoms with Crippen molar-refractivity contribution in [2.45, 2.75) is 0 Å². The summed E-state index contributed by atoms with van der Waals surface area (Å²) in [7, 11) is 0. The summed E-state index contributed by atoms with van der Waals surface area (Å²) in [5.41, 5.74) is 12.8. The molecular formula is C49H32N2S2. The number of anilines is 3. The largest absolute Gasteiger partial charge is 0.310 e. The molecule has 10 aromatic rings. The number of rotatable bonds is 7. The van der Waals surface area contributed by atoms with Crippen molar-refractivity contribution < 1.29 is 0 Å². The van der Waals surface area contributed by atoms with E-state index in [9.17, 15) is 0 Å². The Kier molecular flexibility index (Phi) is 7.90. The number of para-hydroxylation sites is 1. The monoisotopic (exact) mass is 712 g/mol. The lowest BCUT2D eigenvalue weighted by Gasteiger charge is -2.26. The minimum atomic E-state index is 1.05. The van der Waals surface area contributed by atoms with Crippen LogP contribution in [-0.4, -0.2) is 4.98 Å². The third kappa shape index (κ3) is 5.69. The maximum atomic E-state index is 5.09. The van der Waals surface area contributed by atoms with Crippen LogP contribution in [0.4, 0.5) is 17.1 Å². The summed E-state index contributed by atoms with van der Waals surface area (Å²) in [5, 5.41) is 3.65. The van der Waals surface area contributed by atoms with Crippen LogP contribution in [0.2, 0.25) is 0 Å². The molecule has 0 atom stereocenters. The minimum Gasteiger partial charge on any atom is -0.310 e. The molecule has 0 bridgehead atoms. The van der Waals surface area contributed by atoms with Gasteiger partial charge in [0.15, 0.2) is 0 Å². The molecule has 0 unspecified atom stereocenters. The second-order valence-electron chi connectivity index (χ2n) is 13.1. The van der Waals surface area contributed by atoms with E-state index < -0.39 is 0 Å². The molecule has 53 heavy (non-hydrogen) atoms. The number of aromatic nitrogens is 1. The van der Waals surface area contributed by atoms with Crippen LogP contribution in [0.15, 0.2) is 194 Å². The van der Waals surface area contributed by atoms with E-state index in [-0.39, 0.29) is 0 Å². The topological polar surface area (TPSA) is 16.1 Å². The Morgan fingerprint density at radius 1 is 0.358 bits per heavy atom. The van der Waals surface area contributed by atoms with Gasteiger partial charge in [0.2, 0.25) is 0 Å². The minimum absolute atomic E-state index is 1.05. The Hall–Kier alpha value is -6.33. The molecule has 250 valence electrons. The molecule has 0 saturated heterocycles. The van der Waals surface area contributed by atoms with Gasteiger partial charge in [0.25, 0.3) is 0 Å². The van der Waals surface area contributed by atoms with Gasteiger partial charge in [-0.25, -0.2) is 4.98 Å². The number of thiophene rings is 1. The van der Waals surface area contributed by atoms with E-state index in [1.807, 2.05) is 11.3 Å². The molecule has 0 aliphatic carbocycles. The number of thiazole rings is 1. The summed E-state index contributed by atoms with van der Waals surface area (Å²) in [6.07, 6.45) is 0. The molecule has 2 heterocycles. The normalized spacial score (nSPS) is 11.4. The summed E-state index contributed by atoms with van der Waals surface area (Å²) in [5.74, 6) is 0. The number of fused-ring (bicyclic) bond motifs is 5. The van der Waals surface area contributed by atoms with E-state index in [0.29, 0.717) is 0 Å². The highest BCUT2D eigenvalue weighted by Crippen LogP contribution is 2.47. The van der Waals surface area contributed by atoms with Crippen LogP contribution in [0.25, 0.3) is 74.3 Å². The Balaban J connectivity index is 1.09. The van der Waals surface area contributed by atoms with Crippen LogP contribution in [0, 0.1) is 0 Å². The first-order valence-electron chi connectivity index (χ1n) is 17.8. The molecule has 0 N–H and O–H groups in total. The van der Waals surface area contributed by atoms with Crippen LogP contribution in [0.1, 0.15) is 0 Å². The van der Waals surface area contributed by atoms with Crippen LogP contribution in [-0.2, 0) is 0 Å². The zero-order valence-electron chi connectivity index (χ0n) is 28.7. The summed E-state index contributed by atoms with van der Waals surface area (Å²) >= 11 is 3.65. The zero-order chi connectivity index (χ0) is 35.1. The molecular weight excluding hydrogens is 681 g/mol. The number of hydrogen-bond donors (Lipinski definition) is 0. The van der Waals surface area contributed by atoms with Gasteiger partial charge in [-0.1, -0.05) is 140 Å². The van der Waals surface area contributed by atoms with Crippen LogP contribution in [0.3, 0.4) is 0 Å². The van der Waals surface area contributed by atoms with Crippen molar-refractivity contribution in [3.05, 3.63) is 194 Å². The summed E-state index contributed by atoms with van der Waals surface area (Å²) in [4.78, 5) is 7.45. The molecule has 2 nitrogen and oxygen atoms in total. The average molecular weight is 713 g/mol. The molecule has 0 saturated carbocycles. The molecule has 8 aromatic carbocycles. The SMILES string of the molecule is c1ccc(-c2nc3ccc4sc5cccc(-c6cccc(N(c7ccccc7)c7ccc(-c8ccccc8-c8ccccc8)cc7)c6)c5c4c3s2)cc1. The van der Waals surface area contributed by atoms with Crippen molar-refractivity contribution in [2.75, 3.05) is 4.90 Å². The Labute approximate surface area is 316 Å². The fraction of sp³-hybridized carbons (Fsp3) is 0. The van der Waals surface area contributed by atoms with Gasteiger partial charge in [0.1, 0.15) is 5.01 Å². The lowest BCUT2D eigenvalue weighted by Crippen LogP contribution is -2.09. The number of nitrogens with zero attached hydrogens (tertiary/aromatic N) is 2. The predicted octanol–water partition coefficient (Wildman–Crippen LogP) is 14.8. The fourth-order valence-corrected chi connectivity index (χ4v) is 9.79. The van der Waals surface area contributed by atoms with Crippen molar-refractivity contribution in [3.8, 4) is 44.0 Å². The van der Waals surface area contributed by atoms with Crippen molar-refractivity contribution >= 4 is 70.1 Å². The van der Waals surface area contributed by atoms with Gasteiger partial charge in [-0.05, 0) is 88.0 Å². The van der Waals surface area contributed by atoms with Gasteiger partial charge >= 0.3 is 0 Å². The van der Waals surface area contributed by atoms with Crippen molar-refractivity contribution in [3.63, 3.8) is 0 Å². The molecule has 4 heteroatoms. The Morgan fingerprint density at radius 2 is 0.906 bits per heavy atom. The summed E-state index contributed by atoms with van der Waals surface area (Å²) in [6, 6.07) is 69.6. The van der Waals surface area contributed by atoms with E-state index in [0.717, 1.165) is 33.1 Å². The number of hydrogen-bond acceptors (Lipinski definition) is 4. The zero-order valence-corrected chi connectivity index (χ0v) is 30.3. The molecule has 0 spiro atoms. The van der Waals surface area contributed by atoms with Crippen LogP contribution in [0.5, 0.6) is 0 Å². The van der Waals surface area contributed by atoms with Gasteiger partial charge in [0.05, 0.1) is 10.2 Å². The van der Waals surface area contributed by atoms with Crippen LogP contribution < -0.4 is 4.90 Å². The van der Waals surface area contributed by atoms with Crippen molar-refractivity contribution in [2.24, 2.45) is 0 Å². The molecule has 0 aliphatic heterocycles. The van der Waals surface area contributed by atoms with E-state index in [2.05, 4.69) is 199 Å². The molecule has 2 aromatic heterocycles. The maximum Gasteiger partial charge on any atom is 0.124 e. The molecule has 0 fully saturated rings. The van der Waals surface area contributed by atoms with E-state index in [1.54, 1.807) is 11.3 Å². The summed E-state index contributed by atoms with van der Waals surface area (Å²) < 4.78 is 3.83. The highest BCUT2D eigenvalue weighted by molar-refractivity contribution is 7.28. The van der Waals surface area contributed by atoms with Gasteiger partial charge in [-0.3, -0.25) is 0 Å².